The number of aliphatic hydroxyl groups excluding tert-OH is 6. The number of fused-ring (bicyclic) bond motifs is 5. The monoisotopic (exact) mass is 1120 g/mol. The van der Waals surface area contributed by atoms with Gasteiger partial charge in [0, 0.05) is 64.1 Å². The Morgan fingerprint density at radius 2 is 1.15 bits per heavy atom. The van der Waals surface area contributed by atoms with Gasteiger partial charge in [0.25, 0.3) is 0 Å². The smallest absolute Gasteiger partial charge is 0.302 e. The molecule has 29 atom stereocenters. The molecule has 8 N–H and O–H groups in total. The summed E-state index contributed by atoms with van der Waals surface area (Å²) >= 11 is 0. The lowest BCUT2D eigenvalue weighted by Crippen LogP contribution is -2.75. The van der Waals surface area contributed by atoms with Gasteiger partial charge in [0.05, 0.1) is 61.5 Å². The van der Waals surface area contributed by atoms with Gasteiger partial charge in [0.2, 0.25) is 0 Å². The molecule has 5 aliphatic heterocycles. The molecule has 0 aromatic rings. The first-order valence-corrected chi connectivity index (χ1v) is 28.2. The normalized spacial score (nSPS) is 52.6. The number of esters is 1. The first kappa shape index (κ1) is 60.7. The van der Waals surface area contributed by atoms with Crippen LogP contribution in [0.5, 0.6) is 0 Å². The van der Waals surface area contributed by atoms with Crippen LogP contribution in [0.1, 0.15) is 126 Å². The Morgan fingerprint density at radius 1 is 0.641 bits per heavy atom. The van der Waals surface area contributed by atoms with Gasteiger partial charge in [-0.25, -0.2) is 0 Å². The molecule has 78 heavy (non-hydrogen) atoms. The van der Waals surface area contributed by atoms with Crippen molar-refractivity contribution >= 4 is 11.8 Å². The van der Waals surface area contributed by atoms with Crippen molar-refractivity contribution in [1.82, 2.24) is 0 Å². The maximum Gasteiger partial charge on any atom is 0.302 e. The standard InChI is InChI=1S/C55H88O23/c1-24(57)32-13-16-55(65)53(32,8)39(72-29(6)58)22-38-52(7)14-12-31(17-30(52)11-15-54(38,55)64)73-42-20-35(66-9)49(27(4)70-42)77-41-19-34(60)47(25(2)69-41)75-40-18-33(59)48(26(3)68-40)76-43-21-36(67-10)50(28(5)71-43)78-51-46(63)45(62)44(61)37(23-56)74-51/h11,25-28,31-51,56,59-65H,12-23H2,1-10H3. The van der Waals surface area contributed by atoms with Crippen molar-refractivity contribution in [2.45, 2.75) is 279 Å². The fourth-order valence-electron chi connectivity index (χ4n) is 15.4. The lowest BCUT2D eigenvalue weighted by Gasteiger charge is -2.66. The van der Waals surface area contributed by atoms with Crippen LogP contribution >= 0.6 is 0 Å². The van der Waals surface area contributed by atoms with Crippen LogP contribution in [0.2, 0.25) is 0 Å². The van der Waals surface area contributed by atoms with Gasteiger partial charge in [0.1, 0.15) is 71.9 Å². The highest BCUT2D eigenvalue weighted by atomic mass is 16.8. The molecule has 23 heteroatoms. The lowest BCUT2D eigenvalue weighted by molar-refractivity contribution is -0.357. The summed E-state index contributed by atoms with van der Waals surface area (Å²) in [6, 6.07) is 0. The molecule has 5 saturated heterocycles. The topological polar surface area (TPSA) is 316 Å². The quantitative estimate of drug-likeness (QED) is 0.0836. The largest absolute Gasteiger partial charge is 0.462 e. The molecule has 23 nitrogen and oxygen atoms in total. The van der Waals surface area contributed by atoms with Gasteiger partial charge in [0.15, 0.2) is 31.5 Å². The molecule has 29 unspecified atom stereocenters. The fraction of sp³-hybridized carbons (Fsp3) is 0.927. The van der Waals surface area contributed by atoms with E-state index in [1.165, 1.54) is 21.0 Å². The summed E-state index contributed by atoms with van der Waals surface area (Å²) in [4.78, 5) is 25.5. The predicted molar refractivity (Wildman–Crippen MR) is 267 cm³/mol. The van der Waals surface area contributed by atoms with E-state index in [9.17, 15) is 50.4 Å². The number of aliphatic hydroxyl groups is 8. The van der Waals surface area contributed by atoms with Crippen LogP contribution in [-0.4, -0.2) is 226 Å². The molecule has 3 saturated carbocycles. The zero-order valence-electron chi connectivity index (χ0n) is 46.7. The second kappa shape index (κ2) is 23.6. The van der Waals surface area contributed by atoms with Crippen molar-refractivity contribution in [3.05, 3.63) is 11.6 Å². The van der Waals surface area contributed by atoms with Crippen molar-refractivity contribution in [1.29, 1.82) is 0 Å². The molecule has 446 valence electrons. The molecule has 0 radical (unpaired) electrons. The summed E-state index contributed by atoms with van der Waals surface area (Å²) in [5.41, 5.74) is -3.75. The van der Waals surface area contributed by atoms with Crippen LogP contribution in [-0.2, 0) is 71.2 Å². The average molecular weight is 1120 g/mol. The predicted octanol–water partition coefficient (Wildman–Crippen LogP) is 0.943. The number of hydrogen-bond acceptors (Lipinski definition) is 23. The van der Waals surface area contributed by atoms with Crippen molar-refractivity contribution in [3.8, 4) is 0 Å². The molecule has 4 aliphatic carbocycles. The summed E-state index contributed by atoms with van der Waals surface area (Å²) in [5.74, 6) is -1.57. The summed E-state index contributed by atoms with van der Waals surface area (Å²) in [6.45, 7) is 13.3. The average Bonchev–Trinajstić information content (AvgIpc) is 3.91. The molecule has 8 fully saturated rings. The maximum absolute atomic E-state index is 13.0. The third-order valence-electron chi connectivity index (χ3n) is 19.8. The Kier molecular flexibility index (Phi) is 18.4. The minimum atomic E-state index is -1.65. The minimum Gasteiger partial charge on any atom is -0.462 e. The van der Waals surface area contributed by atoms with Crippen LogP contribution in [0, 0.1) is 22.7 Å². The van der Waals surface area contributed by atoms with E-state index in [4.69, 9.17) is 61.6 Å². The Hall–Kier alpha value is -1.92. The number of rotatable bonds is 15. The van der Waals surface area contributed by atoms with Crippen LogP contribution < -0.4 is 0 Å². The van der Waals surface area contributed by atoms with Crippen molar-refractivity contribution in [3.63, 3.8) is 0 Å². The van der Waals surface area contributed by atoms with E-state index in [0.29, 0.717) is 38.5 Å². The molecule has 0 spiro atoms. The number of ketones is 1. The highest BCUT2D eigenvalue weighted by molar-refractivity contribution is 5.80. The van der Waals surface area contributed by atoms with Crippen LogP contribution in [0.4, 0.5) is 0 Å². The van der Waals surface area contributed by atoms with Crippen LogP contribution in [0.25, 0.3) is 0 Å². The summed E-state index contributed by atoms with van der Waals surface area (Å²) in [7, 11) is 3.07. The van der Waals surface area contributed by atoms with Gasteiger partial charge in [-0.15, -0.1) is 0 Å². The molecule has 9 rings (SSSR count). The molecule has 5 heterocycles. The number of carbonyl (C=O) groups is 2. The Labute approximate surface area is 456 Å². The van der Waals surface area contributed by atoms with E-state index in [-0.39, 0.29) is 44.0 Å². The van der Waals surface area contributed by atoms with E-state index < -0.39 is 182 Å². The first-order valence-electron chi connectivity index (χ1n) is 28.2. The Balaban J connectivity index is 0.746. The van der Waals surface area contributed by atoms with Gasteiger partial charge in [-0.3, -0.25) is 9.59 Å². The van der Waals surface area contributed by atoms with E-state index in [1.807, 2.05) is 13.8 Å². The van der Waals surface area contributed by atoms with E-state index >= 15 is 0 Å². The number of ether oxygens (including phenoxy) is 13. The highest BCUT2D eigenvalue weighted by Gasteiger charge is 2.77. The zero-order valence-corrected chi connectivity index (χ0v) is 46.7. The second-order valence-electron chi connectivity index (χ2n) is 24.3. The van der Waals surface area contributed by atoms with E-state index in [1.54, 1.807) is 27.9 Å². The number of hydrogen-bond donors (Lipinski definition) is 8. The van der Waals surface area contributed by atoms with Gasteiger partial charge >= 0.3 is 5.97 Å². The van der Waals surface area contributed by atoms with Gasteiger partial charge < -0.3 is 102 Å². The SMILES string of the molecule is COC1CC(OC2CCC3(C)C(=CCC4(O)C3CC(OC(C)=O)C3(C)C(C(C)=O)CCC43O)C2)OC(C)C1OC1CC(O)C(OC2CC(O)C(OC3CC(OC)C(OC4OC(CO)C(O)C(O)C4O)C(C)O3)C(C)O2)C(C)O1. The highest BCUT2D eigenvalue weighted by Crippen LogP contribution is 2.70. The van der Waals surface area contributed by atoms with Crippen molar-refractivity contribution < 1.29 is 112 Å². The van der Waals surface area contributed by atoms with Crippen molar-refractivity contribution in [2.75, 3.05) is 20.8 Å². The lowest BCUT2D eigenvalue weighted by atomic mass is 9.43. The van der Waals surface area contributed by atoms with E-state index in [2.05, 4.69) is 13.0 Å². The zero-order chi connectivity index (χ0) is 56.6. The van der Waals surface area contributed by atoms with Gasteiger partial charge in [-0.2, -0.15) is 0 Å². The molecular weight excluding hydrogens is 1030 g/mol. The minimum absolute atomic E-state index is 0.00645. The van der Waals surface area contributed by atoms with Crippen LogP contribution in [0.3, 0.4) is 0 Å². The Bertz CT molecular complexity index is 2090. The molecule has 9 aliphatic rings. The summed E-state index contributed by atoms with van der Waals surface area (Å²) < 4.78 is 80.1. The summed E-state index contributed by atoms with van der Waals surface area (Å²) in [5, 5.41) is 89.0. The molecule has 0 aromatic carbocycles. The molecule has 0 aromatic heterocycles. The second-order valence-corrected chi connectivity index (χ2v) is 24.3. The first-order chi connectivity index (χ1) is 36.8. The number of Topliss-reactive ketones (excluding diaryl/α,β-unsaturated/α-hetero) is 1. The fourth-order valence-corrected chi connectivity index (χ4v) is 15.4. The molecule has 0 amide bonds. The molecular formula is C55H88O23. The number of methoxy groups -OCH3 is 2. The third-order valence-corrected chi connectivity index (χ3v) is 19.8. The van der Waals surface area contributed by atoms with Gasteiger partial charge in [-0.05, 0) is 85.0 Å². The van der Waals surface area contributed by atoms with Crippen molar-refractivity contribution in [2.24, 2.45) is 22.7 Å². The van der Waals surface area contributed by atoms with E-state index in [0.717, 1.165) is 5.57 Å². The molecule has 0 bridgehead atoms. The van der Waals surface area contributed by atoms with Crippen LogP contribution in [0.15, 0.2) is 11.6 Å². The summed E-state index contributed by atoms with van der Waals surface area (Å²) in [6.07, 6.45) is -14.7. The Morgan fingerprint density at radius 3 is 1.67 bits per heavy atom. The number of carbonyl (C=O) groups excluding carboxylic acids is 2. The third kappa shape index (κ3) is 11.0. The maximum atomic E-state index is 13.0. The van der Waals surface area contributed by atoms with Gasteiger partial charge in [-0.1, -0.05) is 25.5 Å².